The summed E-state index contributed by atoms with van der Waals surface area (Å²) < 4.78 is 0. The lowest BCUT2D eigenvalue weighted by atomic mass is 10.1. The first-order chi connectivity index (χ1) is 10.8. The number of amides is 1. The number of benzene rings is 1. The molecule has 1 amide bonds. The zero-order chi connectivity index (χ0) is 15.4. The second kappa shape index (κ2) is 6.53. The van der Waals surface area contributed by atoms with Crippen LogP contribution in [0.3, 0.4) is 0 Å². The number of aromatic nitrogens is 3. The lowest BCUT2D eigenvalue weighted by Gasteiger charge is -2.05. The summed E-state index contributed by atoms with van der Waals surface area (Å²) >= 11 is 1.57. The van der Waals surface area contributed by atoms with Gasteiger partial charge in [0.25, 0.3) is 5.91 Å². The second-order valence-corrected chi connectivity index (χ2v) is 5.73. The molecule has 0 fully saturated rings. The van der Waals surface area contributed by atoms with Gasteiger partial charge in [-0.05, 0) is 18.6 Å². The fourth-order valence-electron chi connectivity index (χ4n) is 2.08. The van der Waals surface area contributed by atoms with Crippen LogP contribution < -0.4 is 5.32 Å². The van der Waals surface area contributed by atoms with Crippen molar-refractivity contribution in [1.29, 1.82) is 0 Å². The molecular formula is C16H16N4OS. The molecule has 0 bridgehead atoms. The number of thiazole rings is 1. The molecule has 3 rings (SSSR count). The number of H-pyrrole nitrogens is 1. The Bertz CT molecular complexity index is 764. The minimum atomic E-state index is -0.110. The van der Waals surface area contributed by atoms with Crippen molar-refractivity contribution < 1.29 is 4.79 Å². The molecule has 5 nitrogen and oxygen atoms in total. The van der Waals surface area contributed by atoms with Gasteiger partial charge in [-0.1, -0.05) is 19.1 Å². The Hall–Kier alpha value is -2.47. The fourth-order valence-corrected chi connectivity index (χ4v) is 2.90. The number of aromatic amines is 1. The first kappa shape index (κ1) is 14.5. The molecule has 0 radical (unpaired) electrons. The third-order valence-electron chi connectivity index (χ3n) is 3.26. The summed E-state index contributed by atoms with van der Waals surface area (Å²) in [4.78, 5) is 23.9. The van der Waals surface area contributed by atoms with Crippen molar-refractivity contribution in [3.63, 3.8) is 0 Å². The number of hydrogen-bond donors (Lipinski definition) is 2. The van der Waals surface area contributed by atoms with Crippen LogP contribution in [0, 0.1) is 0 Å². The highest BCUT2D eigenvalue weighted by Gasteiger charge is 2.09. The van der Waals surface area contributed by atoms with E-state index in [1.54, 1.807) is 29.8 Å². The van der Waals surface area contributed by atoms with E-state index >= 15 is 0 Å². The van der Waals surface area contributed by atoms with E-state index in [4.69, 9.17) is 0 Å². The molecule has 1 aromatic carbocycles. The van der Waals surface area contributed by atoms with Gasteiger partial charge < -0.3 is 10.3 Å². The van der Waals surface area contributed by atoms with E-state index in [-0.39, 0.29) is 5.91 Å². The van der Waals surface area contributed by atoms with Crippen LogP contribution in [0.2, 0.25) is 0 Å². The van der Waals surface area contributed by atoms with Crippen LogP contribution in [0.5, 0.6) is 0 Å². The van der Waals surface area contributed by atoms with Gasteiger partial charge in [-0.2, -0.15) is 0 Å². The summed E-state index contributed by atoms with van der Waals surface area (Å²) in [6.45, 7) is 2.52. The molecule has 22 heavy (non-hydrogen) atoms. The highest BCUT2D eigenvalue weighted by molar-refractivity contribution is 7.09. The summed E-state index contributed by atoms with van der Waals surface area (Å²) in [6.07, 6.45) is 4.36. The number of hydrogen-bond acceptors (Lipinski definition) is 4. The maximum Gasteiger partial charge on any atom is 0.251 e. The summed E-state index contributed by atoms with van der Waals surface area (Å²) in [7, 11) is 0. The van der Waals surface area contributed by atoms with Gasteiger partial charge in [0, 0.05) is 28.9 Å². The van der Waals surface area contributed by atoms with Gasteiger partial charge in [0.1, 0.15) is 10.8 Å². The monoisotopic (exact) mass is 312 g/mol. The number of carbonyl (C=O) groups is 1. The maximum atomic E-state index is 12.3. The quantitative estimate of drug-likeness (QED) is 0.761. The van der Waals surface area contributed by atoms with E-state index < -0.39 is 0 Å². The van der Waals surface area contributed by atoms with Crippen molar-refractivity contribution >= 4 is 17.2 Å². The molecule has 2 aromatic heterocycles. The smallest absolute Gasteiger partial charge is 0.251 e. The van der Waals surface area contributed by atoms with Gasteiger partial charge in [0.2, 0.25) is 0 Å². The highest BCUT2D eigenvalue weighted by atomic mass is 32.1. The van der Waals surface area contributed by atoms with Crippen LogP contribution in [0.1, 0.15) is 28.0 Å². The standard InChI is InChI=1S/C16H16N4OS/c1-2-13-10-22-14(20-13)9-19-16(21)12-5-3-4-11(8-12)15-17-6-7-18-15/h3-8,10H,2,9H2,1H3,(H,17,18)(H,19,21). The summed E-state index contributed by atoms with van der Waals surface area (Å²) in [5, 5.41) is 5.85. The zero-order valence-corrected chi connectivity index (χ0v) is 13.0. The Morgan fingerprint density at radius 1 is 1.41 bits per heavy atom. The number of aryl methyl sites for hydroxylation is 1. The molecule has 3 aromatic rings. The number of rotatable bonds is 5. The summed E-state index contributed by atoms with van der Waals surface area (Å²) in [5.41, 5.74) is 2.57. The van der Waals surface area contributed by atoms with Crippen LogP contribution in [-0.2, 0) is 13.0 Å². The second-order valence-electron chi connectivity index (χ2n) is 4.79. The van der Waals surface area contributed by atoms with E-state index in [9.17, 15) is 4.79 Å². The maximum absolute atomic E-state index is 12.3. The molecule has 0 aliphatic carbocycles. The molecule has 0 aliphatic rings. The zero-order valence-electron chi connectivity index (χ0n) is 12.2. The molecule has 6 heteroatoms. The van der Waals surface area contributed by atoms with Crippen molar-refractivity contribution in [2.24, 2.45) is 0 Å². The molecule has 0 saturated carbocycles. The predicted octanol–water partition coefficient (Wildman–Crippen LogP) is 3.03. The lowest BCUT2D eigenvalue weighted by molar-refractivity contribution is 0.0951. The predicted molar refractivity (Wildman–Crippen MR) is 86.7 cm³/mol. The van der Waals surface area contributed by atoms with Crippen LogP contribution in [0.15, 0.2) is 42.0 Å². The van der Waals surface area contributed by atoms with Gasteiger partial charge in [0.15, 0.2) is 0 Å². The van der Waals surface area contributed by atoms with E-state index in [0.717, 1.165) is 28.5 Å². The minimum Gasteiger partial charge on any atom is -0.346 e. The average Bonchev–Trinajstić information content (AvgIpc) is 3.24. The van der Waals surface area contributed by atoms with Gasteiger partial charge in [-0.15, -0.1) is 11.3 Å². The van der Waals surface area contributed by atoms with E-state index in [1.165, 1.54) is 0 Å². The average molecular weight is 312 g/mol. The molecule has 0 saturated heterocycles. The molecule has 2 N–H and O–H groups in total. The Morgan fingerprint density at radius 3 is 3.05 bits per heavy atom. The van der Waals surface area contributed by atoms with Crippen molar-refractivity contribution in [2.45, 2.75) is 19.9 Å². The third kappa shape index (κ3) is 3.23. The van der Waals surface area contributed by atoms with E-state index in [2.05, 4.69) is 27.2 Å². The SMILES string of the molecule is CCc1csc(CNC(=O)c2cccc(-c3ncc[nH]3)c2)n1. The molecule has 2 heterocycles. The molecule has 0 aliphatic heterocycles. The molecule has 0 unspecified atom stereocenters. The Balaban J connectivity index is 1.68. The van der Waals surface area contributed by atoms with Crippen LogP contribution >= 0.6 is 11.3 Å². The van der Waals surface area contributed by atoms with Crippen LogP contribution in [0.25, 0.3) is 11.4 Å². The first-order valence-electron chi connectivity index (χ1n) is 7.07. The molecule has 0 spiro atoms. The van der Waals surface area contributed by atoms with Crippen molar-refractivity contribution in [1.82, 2.24) is 20.3 Å². The number of nitrogens with zero attached hydrogens (tertiary/aromatic N) is 2. The van der Waals surface area contributed by atoms with Crippen molar-refractivity contribution in [3.8, 4) is 11.4 Å². The Labute approximate surface area is 132 Å². The fraction of sp³-hybridized carbons (Fsp3) is 0.188. The molecular weight excluding hydrogens is 296 g/mol. The Kier molecular flexibility index (Phi) is 4.29. The normalized spacial score (nSPS) is 10.6. The molecule has 112 valence electrons. The van der Waals surface area contributed by atoms with Crippen LogP contribution in [0.4, 0.5) is 0 Å². The van der Waals surface area contributed by atoms with Crippen molar-refractivity contribution in [2.75, 3.05) is 0 Å². The lowest BCUT2D eigenvalue weighted by Crippen LogP contribution is -2.22. The van der Waals surface area contributed by atoms with Gasteiger partial charge in [-0.25, -0.2) is 9.97 Å². The van der Waals surface area contributed by atoms with Crippen molar-refractivity contribution in [3.05, 3.63) is 58.3 Å². The van der Waals surface area contributed by atoms with Crippen LogP contribution in [-0.4, -0.2) is 20.9 Å². The molecule has 0 atom stereocenters. The van der Waals surface area contributed by atoms with Gasteiger partial charge in [0.05, 0.1) is 12.2 Å². The van der Waals surface area contributed by atoms with Gasteiger partial charge >= 0.3 is 0 Å². The van der Waals surface area contributed by atoms with E-state index in [0.29, 0.717) is 12.1 Å². The largest absolute Gasteiger partial charge is 0.346 e. The highest BCUT2D eigenvalue weighted by Crippen LogP contribution is 2.16. The Morgan fingerprint density at radius 2 is 2.32 bits per heavy atom. The summed E-state index contributed by atoms with van der Waals surface area (Å²) in [5.74, 6) is 0.642. The number of carbonyl (C=O) groups excluding carboxylic acids is 1. The van der Waals surface area contributed by atoms with Gasteiger partial charge in [-0.3, -0.25) is 4.79 Å². The van der Waals surface area contributed by atoms with E-state index in [1.807, 2.05) is 23.6 Å². The minimum absolute atomic E-state index is 0.110. The third-order valence-corrected chi connectivity index (χ3v) is 4.16. The number of nitrogens with one attached hydrogen (secondary N) is 2. The first-order valence-corrected chi connectivity index (χ1v) is 7.95. The topological polar surface area (TPSA) is 70.7 Å². The summed E-state index contributed by atoms with van der Waals surface area (Å²) in [6, 6.07) is 7.39. The number of imidazole rings is 1.